The Labute approximate surface area is 68.0 Å². The molecule has 0 aliphatic carbocycles. The summed E-state index contributed by atoms with van der Waals surface area (Å²) < 4.78 is 0. The molecule has 2 nitrogen and oxygen atoms in total. The van der Waals surface area contributed by atoms with Crippen LogP contribution in [0.4, 0.5) is 0 Å². The van der Waals surface area contributed by atoms with Crippen LogP contribution >= 0.6 is 12.6 Å². The van der Waals surface area contributed by atoms with Crippen molar-refractivity contribution in [2.24, 2.45) is 0 Å². The summed E-state index contributed by atoms with van der Waals surface area (Å²) >= 11 is 3.83. The van der Waals surface area contributed by atoms with Crippen molar-refractivity contribution in [1.82, 2.24) is 0 Å². The number of carbonyl (C=O) groups is 1. The van der Waals surface area contributed by atoms with E-state index in [4.69, 9.17) is 9.90 Å². The minimum Gasteiger partial charge on any atom is -0.383 e. The van der Waals surface area contributed by atoms with Gasteiger partial charge < -0.3 is 9.90 Å². The van der Waals surface area contributed by atoms with E-state index in [-0.39, 0.29) is 0 Å². The molecule has 0 aromatic carbocycles. The Morgan fingerprint density at radius 3 is 2.30 bits per heavy atom. The third-order valence-corrected chi connectivity index (χ3v) is 1.32. The SMILES string of the molecule is C=O.CCCCCC(O)S. The zero-order chi connectivity index (χ0) is 8.41. The minimum atomic E-state index is -0.401. The lowest BCUT2D eigenvalue weighted by molar-refractivity contribution is -0.0979. The third-order valence-electron chi connectivity index (χ3n) is 1.07. The molecule has 1 unspecified atom stereocenters. The average Bonchev–Trinajstić information content (AvgIpc) is 1.92. The molecule has 0 aliphatic heterocycles. The Hall–Kier alpha value is -0.0200. The quantitative estimate of drug-likeness (QED) is 0.376. The third kappa shape index (κ3) is 15.7. The van der Waals surface area contributed by atoms with Crippen LogP contribution in [0.5, 0.6) is 0 Å². The highest BCUT2D eigenvalue weighted by Crippen LogP contribution is 2.04. The number of thiol groups is 1. The molecule has 0 radical (unpaired) electrons. The maximum absolute atomic E-state index is 8.64. The Morgan fingerprint density at radius 1 is 1.50 bits per heavy atom. The number of hydrogen-bond acceptors (Lipinski definition) is 3. The van der Waals surface area contributed by atoms with Crippen molar-refractivity contribution >= 4 is 19.4 Å². The largest absolute Gasteiger partial charge is 0.383 e. The highest BCUT2D eigenvalue weighted by Gasteiger charge is 1.92. The van der Waals surface area contributed by atoms with Crippen molar-refractivity contribution < 1.29 is 9.90 Å². The first kappa shape index (κ1) is 12.6. The molecule has 0 fully saturated rings. The zero-order valence-corrected chi connectivity index (χ0v) is 7.31. The normalized spacial score (nSPS) is 11.5. The molecule has 3 heteroatoms. The fourth-order valence-corrected chi connectivity index (χ4v) is 0.759. The summed E-state index contributed by atoms with van der Waals surface area (Å²) in [7, 11) is 0. The van der Waals surface area contributed by atoms with Crippen LogP contribution in [0.2, 0.25) is 0 Å². The summed E-state index contributed by atoms with van der Waals surface area (Å²) in [6, 6.07) is 0. The molecule has 0 rings (SSSR count). The number of unbranched alkanes of at least 4 members (excludes halogenated alkanes) is 2. The van der Waals surface area contributed by atoms with E-state index in [1.165, 1.54) is 12.8 Å². The van der Waals surface area contributed by atoms with Gasteiger partial charge >= 0.3 is 0 Å². The standard InChI is InChI=1S/C6H14OS.CH2O/c1-2-3-4-5-6(7)8;1-2/h6-8H,2-5H2,1H3;1H2. The van der Waals surface area contributed by atoms with Crippen LogP contribution in [0.25, 0.3) is 0 Å². The van der Waals surface area contributed by atoms with E-state index in [2.05, 4.69) is 19.6 Å². The predicted octanol–water partition coefficient (Wildman–Crippen LogP) is 1.63. The van der Waals surface area contributed by atoms with Crippen LogP contribution in [0.3, 0.4) is 0 Å². The highest BCUT2D eigenvalue weighted by atomic mass is 32.1. The van der Waals surface area contributed by atoms with Crippen molar-refractivity contribution in [1.29, 1.82) is 0 Å². The number of hydrogen-bond donors (Lipinski definition) is 2. The fraction of sp³-hybridized carbons (Fsp3) is 0.857. The highest BCUT2D eigenvalue weighted by molar-refractivity contribution is 7.80. The lowest BCUT2D eigenvalue weighted by Gasteiger charge is -1.99. The van der Waals surface area contributed by atoms with Crippen molar-refractivity contribution in [2.75, 3.05) is 0 Å². The molecule has 1 atom stereocenters. The van der Waals surface area contributed by atoms with Gasteiger partial charge in [-0.1, -0.05) is 26.2 Å². The van der Waals surface area contributed by atoms with Crippen LogP contribution in [0.15, 0.2) is 0 Å². The second-order valence-corrected chi connectivity index (χ2v) is 2.57. The first-order chi connectivity index (χ1) is 4.77. The molecule has 62 valence electrons. The first-order valence-corrected chi connectivity index (χ1v) is 3.94. The summed E-state index contributed by atoms with van der Waals surface area (Å²) in [5, 5.41) is 8.64. The average molecular weight is 164 g/mol. The predicted molar refractivity (Wildman–Crippen MR) is 46.3 cm³/mol. The monoisotopic (exact) mass is 164 g/mol. The molecule has 0 aromatic heterocycles. The lowest BCUT2D eigenvalue weighted by Crippen LogP contribution is -1.93. The first-order valence-electron chi connectivity index (χ1n) is 3.42. The van der Waals surface area contributed by atoms with Gasteiger partial charge in [0.15, 0.2) is 0 Å². The fourth-order valence-electron chi connectivity index (χ4n) is 0.577. The summed E-state index contributed by atoms with van der Waals surface area (Å²) in [5.41, 5.74) is -0.401. The molecule has 0 bridgehead atoms. The Morgan fingerprint density at radius 2 is 2.00 bits per heavy atom. The van der Waals surface area contributed by atoms with Gasteiger partial charge in [-0.15, -0.1) is 12.6 Å². The van der Waals surface area contributed by atoms with Crippen LogP contribution < -0.4 is 0 Å². The summed E-state index contributed by atoms with van der Waals surface area (Å²) in [5.74, 6) is 0. The van der Waals surface area contributed by atoms with Gasteiger partial charge in [-0.3, -0.25) is 0 Å². The second-order valence-electron chi connectivity index (χ2n) is 1.98. The number of aliphatic hydroxyl groups excluding tert-OH is 1. The van der Waals surface area contributed by atoms with E-state index in [9.17, 15) is 0 Å². The Kier molecular flexibility index (Phi) is 14.8. The van der Waals surface area contributed by atoms with Crippen molar-refractivity contribution in [3.8, 4) is 0 Å². The molecule has 0 amide bonds. The molecular formula is C7H16O2S. The number of carbonyl (C=O) groups excluding carboxylic acids is 1. The minimum absolute atomic E-state index is 0.401. The van der Waals surface area contributed by atoms with Gasteiger partial charge in [-0.05, 0) is 6.42 Å². The van der Waals surface area contributed by atoms with Gasteiger partial charge in [-0.2, -0.15) is 0 Å². The summed E-state index contributed by atoms with van der Waals surface area (Å²) in [6.45, 7) is 4.14. The molecule has 1 N–H and O–H groups in total. The number of rotatable bonds is 4. The van der Waals surface area contributed by atoms with Crippen LogP contribution in [-0.4, -0.2) is 17.3 Å². The van der Waals surface area contributed by atoms with Gasteiger partial charge in [-0.25, -0.2) is 0 Å². The van der Waals surface area contributed by atoms with Crippen LogP contribution in [0, 0.1) is 0 Å². The van der Waals surface area contributed by atoms with E-state index in [1.54, 1.807) is 0 Å². The molecule has 0 spiro atoms. The lowest BCUT2D eigenvalue weighted by atomic mass is 10.2. The van der Waals surface area contributed by atoms with Gasteiger partial charge in [0.2, 0.25) is 0 Å². The molecule has 0 saturated heterocycles. The van der Waals surface area contributed by atoms with E-state index in [0.29, 0.717) is 0 Å². The van der Waals surface area contributed by atoms with E-state index in [1.807, 2.05) is 6.79 Å². The van der Waals surface area contributed by atoms with Gasteiger partial charge in [0.1, 0.15) is 6.79 Å². The van der Waals surface area contributed by atoms with Crippen molar-refractivity contribution in [2.45, 2.75) is 38.0 Å². The Balaban J connectivity index is 0. The van der Waals surface area contributed by atoms with E-state index < -0.39 is 5.44 Å². The molecule has 10 heavy (non-hydrogen) atoms. The van der Waals surface area contributed by atoms with Gasteiger partial charge in [0.05, 0.1) is 5.44 Å². The Bertz CT molecular complexity index is 57.6. The molecule has 0 aliphatic rings. The zero-order valence-electron chi connectivity index (χ0n) is 6.42. The van der Waals surface area contributed by atoms with Crippen molar-refractivity contribution in [3.05, 3.63) is 0 Å². The van der Waals surface area contributed by atoms with Crippen LogP contribution in [0.1, 0.15) is 32.6 Å². The maximum Gasteiger partial charge on any atom is 0.106 e. The number of aliphatic hydroxyl groups is 1. The summed E-state index contributed by atoms with van der Waals surface area (Å²) in [4.78, 5) is 8.00. The van der Waals surface area contributed by atoms with Crippen LogP contribution in [-0.2, 0) is 4.79 Å². The second kappa shape index (κ2) is 11.7. The van der Waals surface area contributed by atoms with E-state index >= 15 is 0 Å². The molecule has 0 heterocycles. The molecular weight excluding hydrogens is 148 g/mol. The summed E-state index contributed by atoms with van der Waals surface area (Å²) in [6.07, 6.45) is 4.34. The van der Waals surface area contributed by atoms with E-state index in [0.717, 1.165) is 12.8 Å². The molecule has 0 aromatic rings. The van der Waals surface area contributed by atoms with Gasteiger partial charge in [0.25, 0.3) is 0 Å². The maximum atomic E-state index is 8.64. The van der Waals surface area contributed by atoms with Gasteiger partial charge in [0, 0.05) is 0 Å². The smallest absolute Gasteiger partial charge is 0.106 e. The molecule has 0 saturated carbocycles. The van der Waals surface area contributed by atoms with Crippen molar-refractivity contribution in [3.63, 3.8) is 0 Å². The topological polar surface area (TPSA) is 37.3 Å².